The van der Waals surface area contributed by atoms with E-state index in [0.717, 1.165) is 30.3 Å². The smallest absolute Gasteiger partial charge is 0.263 e. The number of halogens is 1. The number of amides is 2. The third-order valence-electron chi connectivity index (χ3n) is 2.56. The van der Waals surface area contributed by atoms with Crippen molar-refractivity contribution in [3.63, 3.8) is 0 Å². The summed E-state index contributed by atoms with van der Waals surface area (Å²) in [5.74, 6) is -0.139. The maximum atomic E-state index is 11.7. The first-order valence-corrected chi connectivity index (χ1v) is 7.78. The molecule has 2 amide bonds. The van der Waals surface area contributed by atoms with Gasteiger partial charge in [-0.25, -0.2) is 4.98 Å². The van der Waals surface area contributed by atoms with E-state index in [1.54, 1.807) is 0 Å². The summed E-state index contributed by atoms with van der Waals surface area (Å²) >= 11 is 4.53. The van der Waals surface area contributed by atoms with Crippen molar-refractivity contribution in [3.8, 4) is 0 Å². The molecular formula is C11H14BrN3O2S. The summed E-state index contributed by atoms with van der Waals surface area (Å²) in [4.78, 5) is 28.2. The summed E-state index contributed by atoms with van der Waals surface area (Å²) in [6.07, 6.45) is 2.92. The number of anilines is 1. The van der Waals surface area contributed by atoms with E-state index in [-0.39, 0.29) is 11.8 Å². The van der Waals surface area contributed by atoms with Crippen molar-refractivity contribution in [2.75, 3.05) is 17.2 Å². The fourth-order valence-electron chi connectivity index (χ4n) is 1.70. The molecule has 0 saturated heterocycles. The molecule has 0 saturated carbocycles. The second-order valence-electron chi connectivity index (χ2n) is 4.00. The number of nitrogens with one attached hydrogen (secondary N) is 2. The van der Waals surface area contributed by atoms with Crippen LogP contribution in [0.3, 0.4) is 0 Å². The molecule has 2 rings (SSSR count). The van der Waals surface area contributed by atoms with Gasteiger partial charge in [-0.1, -0.05) is 27.3 Å². The average Bonchev–Trinajstić information content (AvgIpc) is 2.67. The Labute approximate surface area is 117 Å². The topological polar surface area (TPSA) is 71.1 Å². The summed E-state index contributed by atoms with van der Waals surface area (Å²) in [5, 5.41) is 6.88. The highest BCUT2D eigenvalue weighted by Gasteiger charge is 2.20. The van der Waals surface area contributed by atoms with Gasteiger partial charge in [-0.2, -0.15) is 0 Å². The Morgan fingerprint density at radius 3 is 3.17 bits per heavy atom. The highest BCUT2D eigenvalue weighted by Crippen LogP contribution is 2.25. The van der Waals surface area contributed by atoms with Gasteiger partial charge in [-0.3, -0.25) is 9.59 Å². The zero-order valence-corrected chi connectivity index (χ0v) is 12.2. The van der Waals surface area contributed by atoms with Crippen LogP contribution in [0.1, 0.15) is 34.6 Å². The summed E-state index contributed by atoms with van der Waals surface area (Å²) in [6, 6.07) is 0. The third kappa shape index (κ3) is 3.29. The van der Waals surface area contributed by atoms with Crippen molar-refractivity contribution < 1.29 is 9.59 Å². The largest absolute Gasteiger partial charge is 0.351 e. The second-order valence-corrected chi connectivity index (χ2v) is 5.79. The Morgan fingerprint density at radius 2 is 2.39 bits per heavy atom. The minimum atomic E-state index is -0.0824. The van der Waals surface area contributed by atoms with Gasteiger partial charge in [0.05, 0.1) is 5.69 Å². The van der Waals surface area contributed by atoms with Gasteiger partial charge in [0.15, 0.2) is 5.13 Å². The van der Waals surface area contributed by atoms with Crippen LogP contribution in [0, 0.1) is 0 Å². The minimum absolute atomic E-state index is 0.0567. The number of aryl methyl sites for hydroxylation is 1. The first-order valence-electron chi connectivity index (χ1n) is 5.84. The van der Waals surface area contributed by atoms with Crippen LogP contribution in [0.5, 0.6) is 0 Å². The molecule has 0 aliphatic carbocycles. The predicted octanol–water partition coefficient (Wildman–Crippen LogP) is 1.93. The van der Waals surface area contributed by atoms with E-state index in [0.29, 0.717) is 23.0 Å². The van der Waals surface area contributed by atoms with E-state index < -0.39 is 0 Å². The molecule has 0 radical (unpaired) electrons. The molecule has 2 N–H and O–H groups in total. The van der Waals surface area contributed by atoms with Crippen molar-refractivity contribution in [2.24, 2.45) is 0 Å². The van der Waals surface area contributed by atoms with E-state index in [1.807, 2.05) is 0 Å². The summed E-state index contributed by atoms with van der Waals surface area (Å²) in [5.41, 5.74) is 0.797. The fourth-order valence-corrected chi connectivity index (χ4v) is 2.92. The lowest BCUT2D eigenvalue weighted by molar-refractivity contribution is -0.116. The van der Waals surface area contributed by atoms with Gasteiger partial charge in [0.1, 0.15) is 4.88 Å². The van der Waals surface area contributed by atoms with Crippen LogP contribution >= 0.6 is 27.3 Å². The summed E-state index contributed by atoms with van der Waals surface area (Å²) in [7, 11) is 0. The molecule has 1 aromatic rings. The molecule has 0 aromatic carbocycles. The number of hydrogen-bond donors (Lipinski definition) is 2. The highest BCUT2D eigenvalue weighted by molar-refractivity contribution is 9.09. The standard InChI is InChI=1S/C11H14BrN3O2S/c12-5-1-4-8(16)15-11-14-7-3-2-6-13-10(17)9(7)18-11/h1-6H2,(H,13,17)(H,14,15,16). The number of rotatable bonds is 4. The molecule has 1 aliphatic rings. The van der Waals surface area contributed by atoms with Gasteiger partial charge >= 0.3 is 0 Å². The van der Waals surface area contributed by atoms with Gasteiger partial charge in [0.25, 0.3) is 5.91 Å². The van der Waals surface area contributed by atoms with E-state index in [4.69, 9.17) is 0 Å². The van der Waals surface area contributed by atoms with E-state index >= 15 is 0 Å². The molecule has 0 bridgehead atoms. The van der Waals surface area contributed by atoms with E-state index in [1.165, 1.54) is 11.3 Å². The Bertz CT molecular complexity index is 461. The third-order valence-corrected chi connectivity index (χ3v) is 4.14. The predicted molar refractivity (Wildman–Crippen MR) is 74.4 cm³/mol. The van der Waals surface area contributed by atoms with Gasteiger partial charge in [0, 0.05) is 18.3 Å². The van der Waals surface area contributed by atoms with Crippen molar-refractivity contribution in [1.82, 2.24) is 10.3 Å². The van der Waals surface area contributed by atoms with Gasteiger partial charge in [-0.15, -0.1) is 0 Å². The summed E-state index contributed by atoms with van der Waals surface area (Å²) < 4.78 is 0. The van der Waals surface area contributed by atoms with E-state index in [2.05, 4.69) is 31.5 Å². The number of carbonyl (C=O) groups is 2. The molecule has 1 aromatic heterocycles. The molecule has 1 aliphatic heterocycles. The maximum absolute atomic E-state index is 11.7. The first-order chi connectivity index (χ1) is 8.70. The molecule has 18 heavy (non-hydrogen) atoms. The zero-order chi connectivity index (χ0) is 13.0. The fraction of sp³-hybridized carbons (Fsp3) is 0.545. The van der Waals surface area contributed by atoms with Crippen LogP contribution < -0.4 is 10.6 Å². The molecule has 0 atom stereocenters. The first kappa shape index (κ1) is 13.5. The van der Waals surface area contributed by atoms with Crippen molar-refractivity contribution in [1.29, 1.82) is 0 Å². The van der Waals surface area contributed by atoms with Crippen LogP contribution in [0.4, 0.5) is 5.13 Å². The Hall–Kier alpha value is -0.950. The molecular weight excluding hydrogens is 318 g/mol. The lowest BCUT2D eigenvalue weighted by atomic mass is 10.2. The van der Waals surface area contributed by atoms with Crippen LogP contribution in [-0.2, 0) is 11.2 Å². The lowest BCUT2D eigenvalue weighted by Gasteiger charge is -2.00. The molecule has 98 valence electrons. The quantitative estimate of drug-likeness (QED) is 0.828. The van der Waals surface area contributed by atoms with Crippen molar-refractivity contribution in [2.45, 2.75) is 25.7 Å². The SMILES string of the molecule is O=C(CCCBr)Nc1nc2c(s1)C(=O)NCCC2. The Morgan fingerprint density at radius 1 is 1.56 bits per heavy atom. The van der Waals surface area contributed by atoms with Crippen molar-refractivity contribution in [3.05, 3.63) is 10.6 Å². The molecule has 7 heteroatoms. The summed E-state index contributed by atoms with van der Waals surface area (Å²) in [6.45, 7) is 0.689. The van der Waals surface area contributed by atoms with Gasteiger partial charge in [0.2, 0.25) is 5.91 Å². The number of fused-ring (bicyclic) bond motifs is 1. The van der Waals surface area contributed by atoms with Crippen molar-refractivity contribution >= 4 is 44.2 Å². The number of alkyl halides is 1. The number of thiazole rings is 1. The number of carbonyl (C=O) groups excluding carboxylic acids is 2. The second kappa shape index (κ2) is 6.29. The highest BCUT2D eigenvalue weighted by atomic mass is 79.9. The maximum Gasteiger partial charge on any atom is 0.263 e. The lowest BCUT2D eigenvalue weighted by Crippen LogP contribution is -2.21. The van der Waals surface area contributed by atoms with Gasteiger partial charge in [-0.05, 0) is 19.3 Å². The zero-order valence-electron chi connectivity index (χ0n) is 9.79. The molecule has 0 spiro atoms. The number of nitrogens with zero attached hydrogens (tertiary/aromatic N) is 1. The average molecular weight is 332 g/mol. The normalized spacial score (nSPS) is 14.6. The molecule has 0 fully saturated rings. The number of aromatic nitrogens is 1. The van der Waals surface area contributed by atoms with Crippen LogP contribution in [0.15, 0.2) is 0 Å². The van der Waals surface area contributed by atoms with Crippen LogP contribution in [0.25, 0.3) is 0 Å². The monoisotopic (exact) mass is 331 g/mol. The molecule has 2 heterocycles. The minimum Gasteiger partial charge on any atom is -0.351 e. The Kier molecular flexibility index (Phi) is 4.71. The Balaban J connectivity index is 2.05. The van der Waals surface area contributed by atoms with Gasteiger partial charge < -0.3 is 10.6 Å². The molecule has 0 unspecified atom stereocenters. The molecule has 5 nitrogen and oxygen atoms in total. The van der Waals surface area contributed by atoms with Crippen LogP contribution in [0.2, 0.25) is 0 Å². The number of hydrogen-bond acceptors (Lipinski definition) is 4. The van der Waals surface area contributed by atoms with E-state index in [9.17, 15) is 9.59 Å². The van der Waals surface area contributed by atoms with Crippen LogP contribution in [-0.4, -0.2) is 28.7 Å².